The van der Waals surface area contributed by atoms with Gasteiger partial charge in [-0.3, -0.25) is 4.79 Å². The van der Waals surface area contributed by atoms with Crippen molar-refractivity contribution < 1.29 is 9.53 Å². The number of rotatable bonds is 15. The summed E-state index contributed by atoms with van der Waals surface area (Å²) < 4.78 is 5.86. The van der Waals surface area contributed by atoms with Gasteiger partial charge in [-0.25, -0.2) is 0 Å². The van der Waals surface area contributed by atoms with E-state index >= 15 is 0 Å². The number of hydrogen-bond donors (Lipinski definition) is 0. The average molecular weight is 651 g/mol. The van der Waals surface area contributed by atoms with Crippen molar-refractivity contribution in [2.45, 2.75) is 140 Å². The molecule has 1 atom stereocenters. The SMILES string of the molecule is CCCCCC(=O)O[C@@H]1CC(C)=C(/C=C/C(C)=C/C=C/C(C)=C/C=C/C=C(C)/C=C/C=C(C)/C=C/C2=C(C)CCCC2(C)C)C(C)(C)C1. The van der Waals surface area contributed by atoms with Gasteiger partial charge in [0, 0.05) is 12.8 Å². The Morgan fingerprint density at radius 3 is 1.71 bits per heavy atom. The fourth-order valence-electron chi connectivity index (χ4n) is 6.78. The molecule has 2 aliphatic carbocycles. The normalized spacial score (nSPS) is 21.7. The molecule has 0 amide bonds. The zero-order valence-corrected chi connectivity index (χ0v) is 32.3. The molecule has 0 aromatic carbocycles. The molecule has 48 heavy (non-hydrogen) atoms. The second-order valence-electron chi connectivity index (χ2n) is 15.4. The molecule has 2 aliphatic rings. The quantitative estimate of drug-likeness (QED) is 0.100. The third-order valence-corrected chi connectivity index (χ3v) is 9.58. The van der Waals surface area contributed by atoms with Crippen molar-refractivity contribution in [3.63, 3.8) is 0 Å². The van der Waals surface area contributed by atoms with Crippen LogP contribution in [0, 0.1) is 10.8 Å². The van der Waals surface area contributed by atoms with Crippen LogP contribution in [0.15, 0.2) is 130 Å². The highest BCUT2D eigenvalue weighted by molar-refractivity contribution is 5.69. The number of ether oxygens (including phenoxy) is 1. The Bertz CT molecular complexity index is 1430. The molecular weight excluding hydrogens is 585 g/mol. The van der Waals surface area contributed by atoms with Crippen LogP contribution in [0.4, 0.5) is 0 Å². The Morgan fingerprint density at radius 1 is 0.708 bits per heavy atom. The molecule has 0 heterocycles. The molecule has 0 radical (unpaired) electrons. The molecular formula is C46H66O2. The largest absolute Gasteiger partial charge is 0.462 e. The van der Waals surface area contributed by atoms with Gasteiger partial charge in [0.25, 0.3) is 0 Å². The number of unbranched alkanes of at least 4 members (excludes halogenated alkanes) is 2. The lowest BCUT2D eigenvalue weighted by atomic mass is 9.71. The van der Waals surface area contributed by atoms with Gasteiger partial charge >= 0.3 is 5.97 Å². The molecule has 0 aliphatic heterocycles. The summed E-state index contributed by atoms with van der Waals surface area (Å²) in [5, 5.41) is 0. The minimum absolute atomic E-state index is 0.0222. The molecule has 0 saturated heterocycles. The lowest BCUT2D eigenvalue weighted by Crippen LogP contribution is -2.31. The first-order valence-electron chi connectivity index (χ1n) is 18.3. The monoisotopic (exact) mass is 651 g/mol. The van der Waals surface area contributed by atoms with Crippen LogP contribution in [0.5, 0.6) is 0 Å². The summed E-state index contributed by atoms with van der Waals surface area (Å²) in [5.74, 6) is -0.0467. The first-order chi connectivity index (χ1) is 22.6. The van der Waals surface area contributed by atoms with Crippen molar-refractivity contribution in [2.75, 3.05) is 0 Å². The Morgan fingerprint density at radius 2 is 1.21 bits per heavy atom. The van der Waals surface area contributed by atoms with E-state index in [1.165, 1.54) is 63.8 Å². The average Bonchev–Trinajstić information content (AvgIpc) is 2.98. The van der Waals surface area contributed by atoms with Crippen LogP contribution in [0.1, 0.15) is 134 Å². The maximum Gasteiger partial charge on any atom is 0.306 e. The molecule has 2 nitrogen and oxygen atoms in total. The van der Waals surface area contributed by atoms with Crippen LogP contribution in [0.2, 0.25) is 0 Å². The van der Waals surface area contributed by atoms with Crippen molar-refractivity contribution in [1.29, 1.82) is 0 Å². The van der Waals surface area contributed by atoms with E-state index in [9.17, 15) is 4.79 Å². The molecule has 0 spiro atoms. The van der Waals surface area contributed by atoms with Crippen molar-refractivity contribution in [3.8, 4) is 0 Å². The molecule has 2 heteroatoms. The number of carbonyl (C=O) groups excluding carboxylic acids is 1. The van der Waals surface area contributed by atoms with Crippen LogP contribution < -0.4 is 0 Å². The maximum absolute atomic E-state index is 12.3. The van der Waals surface area contributed by atoms with E-state index in [-0.39, 0.29) is 22.9 Å². The van der Waals surface area contributed by atoms with E-state index in [2.05, 4.69) is 161 Å². The zero-order valence-electron chi connectivity index (χ0n) is 32.3. The predicted octanol–water partition coefficient (Wildman–Crippen LogP) is 13.7. The van der Waals surface area contributed by atoms with E-state index < -0.39 is 0 Å². The topological polar surface area (TPSA) is 26.3 Å². The van der Waals surface area contributed by atoms with E-state index in [0.29, 0.717) is 6.42 Å². The van der Waals surface area contributed by atoms with Gasteiger partial charge in [-0.2, -0.15) is 0 Å². The van der Waals surface area contributed by atoms with Crippen molar-refractivity contribution in [1.82, 2.24) is 0 Å². The van der Waals surface area contributed by atoms with Gasteiger partial charge in [-0.05, 0) is 95.6 Å². The van der Waals surface area contributed by atoms with Crippen LogP contribution in [-0.4, -0.2) is 12.1 Å². The third-order valence-electron chi connectivity index (χ3n) is 9.58. The zero-order chi connectivity index (χ0) is 35.7. The van der Waals surface area contributed by atoms with Gasteiger partial charge in [0.1, 0.15) is 6.10 Å². The first-order valence-corrected chi connectivity index (χ1v) is 18.3. The molecule has 0 N–H and O–H groups in total. The Balaban J connectivity index is 1.90. The summed E-state index contributed by atoms with van der Waals surface area (Å²) in [4.78, 5) is 12.3. The summed E-state index contributed by atoms with van der Waals surface area (Å²) in [6.45, 7) is 24.4. The van der Waals surface area contributed by atoms with Crippen LogP contribution >= 0.6 is 0 Å². The van der Waals surface area contributed by atoms with E-state index in [1.807, 2.05) is 0 Å². The molecule has 262 valence electrons. The molecule has 2 rings (SSSR count). The van der Waals surface area contributed by atoms with Crippen LogP contribution in [-0.2, 0) is 9.53 Å². The fraction of sp³-hybridized carbons (Fsp3) is 0.500. The molecule has 0 unspecified atom stereocenters. The van der Waals surface area contributed by atoms with E-state index in [0.717, 1.165) is 32.1 Å². The number of hydrogen-bond acceptors (Lipinski definition) is 2. The maximum atomic E-state index is 12.3. The van der Waals surface area contributed by atoms with Gasteiger partial charge < -0.3 is 4.74 Å². The summed E-state index contributed by atoms with van der Waals surface area (Å²) in [5.41, 5.74) is 10.8. The standard InChI is InChI=1S/C46H66O2/c1-12-13-14-27-44(47)48-41-33-40(7)43(46(10,11)34-41)31-29-38(5)25-18-23-36(3)21-16-15-20-35(2)22-17-24-37(4)28-30-42-39(6)26-19-32-45(42,8)9/h15-18,20-25,28-31,41H,12-14,19,26-27,32-34H2,1-11H3/b16-15+,22-17+,23-18+,30-28+,31-29+,35-20+,36-21+,37-24+,38-25+/t41-/m1/s1. The molecule has 0 fully saturated rings. The number of allylic oxidation sites excluding steroid dienone is 21. The molecule has 0 bridgehead atoms. The minimum atomic E-state index is -0.0467. The first kappa shape index (κ1) is 40.8. The number of esters is 1. The van der Waals surface area contributed by atoms with Crippen molar-refractivity contribution >= 4 is 5.97 Å². The Hall–Kier alpha value is -3.39. The minimum Gasteiger partial charge on any atom is -0.462 e. The van der Waals surface area contributed by atoms with E-state index in [4.69, 9.17) is 4.74 Å². The summed E-state index contributed by atoms with van der Waals surface area (Å²) in [6.07, 6.45) is 39.5. The van der Waals surface area contributed by atoms with Gasteiger partial charge in [0.15, 0.2) is 0 Å². The van der Waals surface area contributed by atoms with E-state index in [1.54, 1.807) is 0 Å². The second kappa shape index (κ2) is 20.2. The highest BCUT2D eigenvalue weighted by Crippen LogP contribution is 2.42. The van der Waals surface area contributed by atoms with Gasteiger partial charge in [0.2, 0.25) is 0 Å². The second-order valence-corrected chi connectivity index (χ2v) is 15.4. The predicted molar refractivity (Wildman–Crippen MR) is 211 cm³/mol. The van der Waals surface area contributed by atoms with Gasteiger partial charge in [-0.15, -0.1) is 0 Å². The van der Waals surface area contributed by atoms with Crippen molar-refractivity contribution in [2.24, 2.45) is 10.8 Å². The highest BCUT2D eigenvalue weighted by Gasteiger charge is 2.34. The third kappa shape index (κ3) is 14.8. The molecule has 0 saturated carbocycles. The lowest BCUT2D eigenvalue weighted by Gasteiger charge is -2.37. The van der Waals surface area contributed by atoms with Crippen LogP contribution in [0.25, 0.3) is 0 Å². The molecule has 0 aromatic heterocycles. The van der Waals surface area contributed by atoms with Crippen LogP contribution in [0.3, 0.4) is 0 Å². The smallest absolute Gasteiger partial charge is 0.306 e. The van der Waals surface area contributed by atoms with Gasteiger partial charge in [-0.1, -0.05) is 166 Å². The lowest BCUT2D eigenvalue weighted by molar-refractivity contribution is -0.150. The Labute approximate surface area is 295 Å². The molecule has 0 aromatic rings. The number of carbonyl (C=O) groups is 1. The summed E-state index contributed by atoms with van der Waals surface area (Å²) >= 11 is 0. The highest BCUT2D eigenvalue weighted by atomic mass is 16.5. The van der Waals surface area contributed by atoms with Crippen molar-refractivity contribution in [3.05, 3.63) is 130 Å². The van der Waals surface area contributed by atoms with Gasteiger partial charge in [0.05, 0.1) is 0 Å². The summed E-state index contributed by atoms with van der Waals surface area (Å²) in [6, 6.07) is 0. The summed E-state index contributed by atoms with van der Waals surface area (Å²) in [7, 11) is 0. The Kier molecular flexibility index (Phi) is 17.2. The fourth-order valence-corrected chi connectivity index (χ4v) is 6.78.